The summed E-state index contributed by atoms with van der Waals surface area (Å²) in [6.07, 6.45) is 1.68. The molecule has 0 aliphatic carbocycles. The van der Waals surface area contributed by atoms with E-state index in [-0.39, 0.29) is 30.6 Å². The average Bonchev–Trinajstić information content (AvgIpc) is 3.42. The van der Waals surface area contributed by atoms with Crippen LogP contribution in [0.1, 0.15) is 39.1 Å². The van der Waals surface area contributed by atoms with Gasteiger partial charge in [-0.25, -0.2) is 9.97 Å². The first-order valence-corrected chi connectivity index (χ1v) is 17.5. The SMILES string of the molecule is N#Cc1ccc2ncnc(Nc3ccc(N4CCN(CCOCCOCCOc5ccc6c(c5)C(=O)N(C5CCC(=O)NC5=O)C6=O)CC4)cc3)c2c1. The third-order valence-electron chi connectivity index (χ3n) is 9.46. The van der Waals surface area contributed by atoms with Gasteiger partial charge in [0.2, 0.25) is 11.8 Å². The van der Waals surface area contributed by atoms with Gasteiger partial charge in [-0.15, -0.1) is 0 Å². The van der Waals surface area contributed by atoms with Crippen LogP contribution in [0.5, 0.6) is 5.75 Å². The lowest BCUT2D eigenvalue weighted by molar-refractivity contribution is -0.136. The van der Waals surface area contributed by atoms with Crippen LogP contribution in [0.2, 0.25) is 0 Å². The van der Waals surface area contributed by atoms with Crippen molar-refractivity contribution in [3.8, 4) is 11.8 Å². The Labute approximate surface area is 305 Å². The fourth-order valence-corrected chi connectivity index (χ4v) is 6.62. The number of piperidine rings is 1. The largest absolute Gasteiger partial charge is 0.491 e. The lowest BCUT2D eigenvalue weighted by Gasteiger charge is -2.36. The van der Waals surface area contributed by atoms with Gasteiger partial charge in [0.15, 0.2) is 0 Å². The zero-order valence-electron chi connectivity index (χ0n) is 29.0. The number of hydrogen-bond acceptors (Lipinski definition) is 13. The Balaban J connectivity index is 0.760. The molecule has 0 spiro atoms. The highest BCUT2D eigenvalue weighted by Gasteiger charge is 2.44. The van der Waals surface area contributed by atoms with Gasteiger partial charge in [-0.2, -0.15) is 5.26 Å². The van der Waals surface area contributed by atoms with E-state index in [0.29, 0.717) is 43.6 Å². The molecule has 1 aromatic heterocycles. The maximum Gasteiger partial charge on any atom is 0.262 e. The second-order valence-electron chi connectivity index (χ2n) is 12.8. The molecule has 1 atom stereocenters. The zero-order chi connectivity index (χ0) is 36.7. The fourth-order valence-electron chi connectivity index (χ4n) is 6.62. The highest BCUT2D eigenvalue weighted by Crippen LogP contribution is 2.30. The van der Waals surface area contributed by atoms with Crippen LogP contribution in [0.15, 0.2) is 67.0 Å². The molecule has 1 unspecified atom stereocenters. The molecule has 3 aliphatic rings. The topological polar surface area (TPSA) is 179 Å². The summed E-state index contributed by atoms with van der Waals surface area (Å²) in [5.41, 5.74) is 3.76. The quantitative estimate of drug-likeness (QED) is 0.144. The minimum Gasteiger partial charge on any atom is -0.491 e. The van der Waals surface area contributed by atoms with Gasteiger partial charge in [0.1, 0.15) is 30.5 Å². The van der Waals surface area contributed by atoms with E-state index >= 15 is 0 Å². The summed E-state index contributed by atoms with van der Waals surface area (Å²) >= 11 is 0. The van der Waals surface area contributed by atoms with Crippen molar-refractivity contribution in [2.45, 2.75) is 18.9 Å². The van der Waals surface area contributed by atoms with Gasteiger partial charge < -0.3 is 24.4 Å². The molecule has 3 aliphatic heterocycles. The van der Waals surface area contributed by atoms with Gasteiger partial charge in [0.05, 0.1) is 54.7 Å². The molecule has 0 radical (unpaired) electrons. The van der Waals surface area contributed by atoms with Crippen LogP contribution in [0, 0.1) is 11.3 Å². The van der Waals surface area contributed by atoms with Gasteiger partial charge in [-0.1, -0.05) is 0 Å². The Morgan fingerprint density at radius 3 is 2.36 bits per heavy atom. The first-order chi connectivity index (χ1) is 25.9. The molecule has 4 amide bonds. The average molecular weight is 719 g/mol. The Kier molecular flexibility index (Phi) is 10.8. The van der Waals surface area contributed by atoms with Crippen molar-refractivity contribution in [1.82, 2.24) is 25.1 Å². The Bertz CT molecular complexity index is 2060. The van der Waals surface area contributed by atoms with E-state index in [2.05, 4.69) is 48.6 Å². The van der Waals surface area contributed by atoms with E-state index in [1.807, 2.05) is 18.2 Å². The summed E-state index contributed by atoms with van der Waals surface area (Å²) < 4.78 is 17.2. The summed E-state index contributed by atoms with van der Waals surface area (Å²) in [6.45, 7) is 6.55. The molecule has 272 valence electrons. The van der Waals surface area contributed by atoms with Crippen LogP contribution in [0.4, 0.5) is 17.2 Å². The van der Waals surface area contributed by atoms with Crippen molar-refractivity contribution >= 4 is 51.7 Å². The van der Waals surface area contributed by atoms with Gasteiger partial charge in [0.25, 0.3) is 11.8 Å². The maximum absolute atomic E-state index is 13.0. The molecule has 0 saturated carbocycles. The molecule has 7 rings (SSSR count). The second kappa shape index (κ2) is 16.2. The van der Waals surface area contributed by atoms with Crippen LogP contribution in [-0.4, -0.2) is 115 Å². The number of hydrogen-bond donors (Lipinski definition) is 2. The number of anilines is 3. The predicted molar refractivity (Wildman–Crippen MR) is 193 cm³/mol. The Morgan fingerprint density at radius 1 is 0.830 bits per heavy atom. The lowest BCUT2D eigenvalue weighted by Crippen LogP contribution is -2.54. The van der Waals surface area contributed by atoms with Crippen molar-refractivity contribution in [1.29, 1.82) is 5.26 Å². The number of carbonyl (C=O) groups excluding carboxylic acids is 4. The van der Waals surface area contributed by atoms with Crippen molar-refractivity contribution in [3.05, 3.63) is 83.7 Å². The molecule has 15 nitrogen and oxygen atoms in total. The molecular formula is C38H38N8O7. The highest BCUT2D eigenvalue weighted by molar-refractivity contribution is 6.23. The third kappa shape index (κ3) is 8.10. The van der Waals surface area contributed by atoms with Gasteiger partial charge in [0, 0.05) is 55.9 Å². The number of benzene rings is 3. The number of imide groups is 2. The molecule has 2 fully saturated rings. The Hall–Kier alpha value is -5.95. The van der Waals surface area contributed by atoms with Crippen molar-refractivity contribution in [3.63, 3.8) is 0 Å². The summed E-state index contributed by atoms with van der Waals surface area (Å²) in [5, 5.41) is 15.6. The minimum absolute atomic E-state index is 0.0660. The van der Waals surface area contributed by atoms with Crippen LogP contribution < -0.4 is 20.3 Å². The predicted octanol–water partition coefficient (Wildman–Crippen LogP) is 2.88. The molecule has 0 bridgehead atoms. The molecule has 2 saturated heterocycles. The van der Waals surface area contributed by atoms with Crippen molar-refractivity contribution < 1.29 is 33.4 Å². The number of carbonyl (C=O) groups is 4. The maximum atomic E-state index is 13.0. The first kappa shape index (κ1) is 35.5. The zero-order valence-corrected chi connectivity index (χ0v) is 29.0. The molecule has 2 N–H and O–H groups in total. The summed E-state index contributed by atoms with van der Waals surface area (Å²) in [7, 11) is 0. The van der Waals surface area contributed by atoms with E-state index in [1.165, 1.54) is 18.5 Å². The number of amides is 4. The number of aromatic nitrogens is 2. The number of rotatable bonds is 14. The smallest absolute Gasteiger partial charge is 0.262 e. The number of nitrogens with zero attached hydrogens (tertiary/aromatic N) is 6. The Morgan fingerprint density at radius 2 is 1.58 bits per heavy atom. The summed E-state index contributed by atoms with van der Waals surface area (Å²) in [5.74, 6) is -1.13. The van der Waals surface area contributed by atoms with Crippen LogP contribution in [0.25, 0.3) is 10.9 Å². The number of ether oxygens (including phenoxy) is 3. The fraction of sp³-hybridized carbons (Fsp3) is 0.342. The van der Waals surface area contributed by atoms with E-state index in [1.54, 1.807) is 18.2 Å². The number of fused-ring (bicyclic) bond motifs is 2. The molecule has 4 heterocycles. The molecule has 3 aromatic carbocycles. The van der Waals surface area contributed by atoms with E-state index in [9.17, 15) is 24.4 Å². The third-order valence-corrected chi connectivity index (χ3v) is 9.46. The van der Waals surface area contributed by atoms with Gasteiger partial charge >= 0.3 is 0 Å². The molecular weight excluding hydrogens is 680 g/mol. The monoisotopic (exact) mass is 718 g/mol. The van der Waals surface area contributed by atoms with E-state index in [0.717, 1.165) is 59.9 Å². The second-order valence-corrected chi connectivity index (χ2v) is 12.8. The van der Waals surface area contributed by atoms with E-state index in [4.69, 9.17) is 14.2 Å². The van der Waals surface area contributed by atoms with Crippen molar-refractivity contribution in [2.75, 3.05) is 76.0 Å². The van der Waals surface area contributed by atoms with Crippen molar-refractivity contribution in [2.24, 2.45) is 0 Å². The van der Waals surface area contributed by atoms with E-state index < -0.39 is 29.7 Å². The standard InChI is InChI=1S/C38H38N8O7/c39-23-25-1-8-32-31(21-25)35(41-24-40-32)42-26-2-4-27(5-3-26)45-13-11-44(12-14-45)15-16-51-17-18-52-19-20-53-28-6-7-29-30(22-28)38(50)46(37(29)49)33-9-10-34(47)43-36(33)48/h1-8,21-22,24,33H,9-20H2,(H,40,41,42)(H,43,47,48). The normalized spacial score (nSPS) is 17.5. The summed E-state index contributed by atoms with van der Waals surface area (Å²) in [6, 6.07) is 19.4. The van der Waals surface area contributed by atoms with Crippen LogP contribution in [-0.2, 0) is 19.1 Å². The highest BCUT2D eigenvalue weighted by atomic mass is 16.5. The van der Waals surface area contributed by atoms with Crippen LogP contribution in [0.3, 0.4) is 0 Å². The lowest BCUT2D eigenvalue weighted by atomic mass is 10.0. The first-order valence-electron chi connectivity index (χ1n) is 17.5. The summed E-state index contributed by atoms with van der Waals surface area (Å²) in [4.78, 5) is 64.0. The molecule has 15 heteroatoms. The molecule has 53 heavy (non-hydrogen) atoms. The molecule has 4 aromatic rings. The van der Waals surface area contributed by atoms with Gasteiger partial charge in [-0.3, -0.25) is 34.3 Å². The van der Waals surface area contributed by atoms with Crippen LogP contribution >= 0.6 is 0 Å². The number of nitrogens with one attached hydrogen (secondary N) is 2. The van der Waals surface area contributed by atoms with Gasteiger partial charge in [-0.05, 0) is 67.1 Å². The number of nitriles is 1. The number of piperazine rings is 1. The minimum atomic E-state index is -1.01.